The second-order valence-corrected chi connectivity index (χ2v) is 8.75. The first-order chi connectivity index (χ1) is 13.5. The molecule has 1 amide bonds. The molecule has 0 spiro atoms. The summed E-state index contributed by atoms with van der Waals surface area (Å²) in [6, 6.07) is 13.7. The van der Waals surface area contributed by atoms with Gasteiger partial charge < -0.3 is 10.6 Å². The number of fused-ring (bicyclic) bond motifs is 2. The minimum Gasteiger partial charge on any atom is -0.349 e. The number of nitrogens with zero attached hydrogens (tertiary/aromatic N) is 1. The standard InChI is InChI=1S/C21H23N3O3S/c1-13-2-7-18(8-3-13)28-20-9-4-14(10-19(20)24(26)27)21(25)23-17-11-15-5-6-16(12-17)22-15/h2-4,7-10,15-17,22H,5-6,11-12H2,1H3,(H,23,25). The molecule has 2 N–H and O–H groups in total. The third-order valence-electron chi connectivity index (χ3n) is 5.47. The lowest BCUT2D eigenvalue weighted by Gasteiger charge is -2.29. The van der Waals surface area contributed by atoms with Crippen LogP contribution in [0.2, 0.25) is 0 Å². The van der Waals surface area contributed by atoms with Crippen LogP contribution in [0.5, 0.6) is 0 Å². The van der Waals surface area contributed by atoms with E-state index in [1.807, 2.05) is 31.2 Å². The number of benzene rings is 2. The zero-order valence-corrected chi connectivity index (χ0v) is 16.5. The lowest BCUT2D eigenvalue weighted by atomic mass is 9.99. The average molecular weight is 398 g/mol. The molecule has 2 bridgehead atoms. The monoisotopic (exact) mass is 397 g/mol. The maximum Gasteiger partial charge on any atom is 0.284 e. The first-order valence-corrected chi connectivity index (χ1v) is 10.4. The summed E-state index contributed by atoms with van der Waals surface area (Å²) in [6.07, 6.45) is 4.16. The van der Waals surface area contributed by atoms with Crippen molar-refractivity contribution in [3.63, 3.8) is 0 Å². The Kier molecular flexibility index (Phi) is 5.37. The normalized spacial score (nSPS) is 23.4. The molecule has 6 nitrogen and oxygen atoms in total. The number of aryl methyl sites for hydroxylation is 1. The molecule has 4 rings (SSSR count). The number of rotatable bonds is 5. The number of nitrogens with one attached hydrogen (secondary N) is 2. The third-order valence-corrected chi connectivity index (χ3v) is 6.55. The molecule has 2 aliphatic heterocycles. The summed E-state index contributed by atoms with van der Waals surface area (Å²) in [7, 11) is 0. The van der Waals surface area contributed by atoms with Crippen molar-refractivity contribution in [2.45, 2.75) is 60.5 Å². The zero-order chi connectivity index (χ0) is 19.7. The maximum absolute atomic E-state index is 12.7. The Morgan fingerprint density at radius 3 is 2.46 bits per heavy atom. The molecule has 2 heterocycles. The smallest absolute Gasteiger partial charge is 0.284 e. The van der Waals surface area contributed by atoms with Crippen LogP contribution in [0.3, 0.4) is 0 Å². The Labute approximate surface area is 168 Å². The zero-order valence-electron chi connectivity index (χ0n) is 15.7. The summed E-state index contributed by atoms with van der Waals surface area (Å²) in [5.74, 6) is -0.235. The Morgan fingerprint density at radius 2 is 1.82 bits per heavy atom. The largest absolute Gasteiger partial charge is 0.349 e. The molecule has 2 aromatic rings. The molecule has 2 saturated heterocycles. The molecule has 0 saturated carbocycles. The predicted molar refractivity (Wildman–Crippen MR) is 109 cm³/mol. The minimum atomic E-state index is -0.419. The van der Waals surface area contributed by atoms with Crippen LogP contribution in [0.1, 0.15) is 41.6 Å². The highest BCUT2D eigenvalue weighted by Crippen LogP contribution is 2.35. The van der Waals surface area contributed by atoms with Gasteiger partial charge in [-0.1, -0.05) is 29.5 Å². The van der Waals surface area contributed by atoms with Crippen molar-refractivity contribution in [2.75, 3.05) is 0 Å². The number of hydrogen-bond donors (Lipinski definition) is 2. The lowest BCUT2D eigenvalue weighted by molar-refractivity contribution is -0.387. The van der Waals surface area contributed by atoms with Crippen LogP contribution in [-0.4, -0.2) is 29.0 Å². The number of amides is 1. The predicted octanol–water partition coefficient (Wildman–Crippen LogP) is 4.07. The van der Waals surface area contributed by atoms with Crippen LogP contribution < -0.4 is 10.6 Å². The number of hydrogen-bond acceptors (Lipinski definition) is 5. The highest BCUT2D eigenvalue weighted by atomic mass is 32.2. The Bertz CT molecular complexity index is 888. The van der Waals surface area contributed by atoms with Gasteiger partial charge in [0.15, 0.2) is 0 Å². The van der Waals surface area contributed by atoms with E-state index in [0.29, 0.717) is 22.5 Å². The summed E-state index contributed by atoms with van der Waals surface area (Å²) < 4.78 is 0. The third kappa shape index (κ3) is 4.20. The molecule has 2 fully saturated rings. The molecule has 146 valence electrons. The Hall–Kier alpha value is -2.38. The molecule has 2 atom stereocenters. The summed E-state index contributed by atoms with van der Waals surface area (Å²) in [5.41, 5.74) is 1.44. The van der Waals surface area contributed by atoms with Crippen LogP contribution in [0.4, 0.5) is 5.69 Å². The van der Waals surface area contributed by atoms with Gasteiger partial charge in [-0.25, -0.2) is 0 Å². The summed E-state index contributed by atoms with van der Waals surface area (Å²) in [5, 5.41) is 18.2. The average Bonchev–Trinajstić information content (AvgIpc) is 3.02. The van der Waals surface area contributed by atoms with Crippen LogP contribution in [0.15, 0.2) is 52.3 Å². The van der Waals surface area contributed by atoms with E-state index in [9.17, 15) is 14.9 Å². The molecule has 2 unspecified atom stereocenters. The van der Waals surface area contributed by atoms with Gasteiger partial charge in [0.2, 0.25) is 0 Å². The highest BCUT2D eigenvalue weighted by molar-refractivity contribution is 7.99. The van der Waals surface area contributed by atoms with Gasteiger partial charge in [-0.15, -0.1) is 0 Å². The van der Waals surface area contributed by atoms with Gasteiger partial charge in [-0.05, 0) is 56.9 Å². The second kappa shape index (κ2) is 7.93. The number of piperidine rings is 1. The van der Waals surface area contributed by atoms with Gasteiger partial charge in [0, 0.05) is 34.7 Å². The van der Waals surface area contributed by atoms with Gasteiger partial charge in [0.1, 0.15) is 0 Å². The summed E-state index contributed by atoms with van der Waals surface area (Å²) in [4.78, 5) is 25.3. The van der Waals surface area contributed by atoms with Gasteiger partial charge in [-0.3, -0.25) is 14.9 Å². The van der Waals surface area contributed by atoms with Crippen molar-refractivity contribution < 1.29 is 9.72 Å². The van der Waals surface area contributed by atoms with E-state index in [1.165, 1.54) is 17.8 Å². The fourth-order valence-electron chi connectivity index (χ4n) is 4.06. The minimum absolute atomic E-state index is 0.0383. The number of nitro groups is 1. The quantitative estimate of drug-likeness (QED) is 0.587. The maximum atomic E-state index is 12.7. The van der Waals surface area contributed by atoms with Crippen LogP contribution in [-0.2, 0) is 0 Å². The van der Waals surface area contributed by atoms with Crippen molar-refractivity contribution in [3.8, 4) is 0 Å². The van der Waals surface area contributed by atoms with Crippen LogP contribution in [0, 0.1) is 17.0 Å². The van der Waals surface area contributed by atoms with Crippen LogP contribution in [0.25, 0.3) is 0 Å². The molecule has 2 aromatic carbocycles. The molecule has 0 radical (unpaired) electrons. The van der Waals surface area contributed by atoms with Crippen molar-refractivity contribution in [3.05, 3.63) is 63.7 Å². The van der Waals surface area contributed by atoms with E-state index in [0.717, 1.165) is 36.1 Å². The second-order valence-electron chi connectivity index (χ2n) is 7.63. The summed E-state index contributed by atoms with van der Waals surface area (Å²) in [6.45, 7) is 2.00. The SMILES string of the molecule is Cc1ccc(Sc2ccc(C(=O)NC3CC4CCC(C3)N4)cc2[N+](=O)[O-])cc1. The molecular weight excluding hydrogens is 374 g/mol. The van der Waals surface area contributed by atoms with Gasteiger partial charge in [0.05, 0.1) is 9.82 Å². The van der Waals surface area contributed by atoms with E-state index in [4.69, 9.17) is 0 Å². The fraction of sp³-hybridized carbons (Fsp3) is 0.381. The number of carbonyl (C=O) groups excluding carboxylic acids is 1. The fourth-order valence-corrected chi connectivity index (χ4v) is 4.96. The Morgan fingerprint density at radius 1 is 1.14 bits per heavy atom. The lowest BCUT2D eigenvalue weighted by Crippen LogP contribution is -2.48. The first kappa shape index (κ1) is 19.0. The number of nitro benzene ring substituents is 1. The molecule has 7 heteroatoms. The van der Waals surface area contributed by atoms with Crippen molar-refractivity contribution in [1.29, 1.82) is 0 Å². The van der Waals surface area contributed by atoms with Crippen LogP contribution >= 0.6 is 11.8 Å². The summed E-state index contributed by atoms with van der Waals surface area (Å²) >= 11 is 1.33. The molecule has 0 aliphatic carbocycles. The highest BCUT2D eigenvalue weighted by Gasteiger charge is 2.34. The van der Waals surface area contributed by atoms with E-state index < -0.39 is 4.92 Å². The van der Waals surface area contributed by atoms with E-state index in [-0.39, 0.29) is 17.6 Å². The van der Waals surface area contributed by atoms with Crippen molar-refractivity contribution in [2.24, 2.45) is 0 Å². The number of carbonyl (C=O) groups is 1. The molecule has 28 heavy (non-hydrogen) atoms. The van der Waals surface area contributed by atoms with Gasteiger partial charge in [-0.2, -0.15) is 0 Å². The molecule has 2 aliphatic rings. The molecular formula is C21H23N3O3S. The topological polar surface area (TPSA) is 84.3 Å². The van der Waals surface area contributed by atoms with E-state index in [2.05, 4.69) is 10.6 Å². The Balaban J connectivity index is 1.50. The first-order valence-electron chi connectivity index (χ1n) is 9.58. The van der Waals surface area contributed by atoms with E-state index >= 15 is 0 Å². The molecule has 0 aromatic heterocycles. The van der Waals surface area contributed by atoms with Crippen molar-refractivity contribution in [1.82, 2.24) is 10.6 Å². The van der Waals surface area contributed by atoms with E-state index in [1.54, 1.807) is 12.1 Å². The van der Waals surface area contributed by atoms with Gasteiger partial charge >= 0.3 is 0 Å². The van der Waals surface area contributed by atoms with Gasteiger partial charge in [0.25, 0.3) is 11.6 Å². The van der Waals surface area contributed by atoms with Crippen molar-refractivity contribution >= 4 is 23.4 Å².